The molecule has 0 saturated carbocycles. The van der Waals surface area contributed by atoms with E-state index in [0.29, 0.717) is 11.4 Å². The third-order valence-corrected chi connectivity index (χ3v) is 5.19. The first kappa shape index (κ1) is 22.2. The second-order valence-corrected chi connectivity index (χ2v) is 9.87. The lowest BCUT2D eigenvalue weighted by atomic mass is 10.1. The summed E-state index contributed by atoms with van der Waals surface area (Å²) in [5, 5.41) is 0. The summed E-state index contributed by atoms with van der Waals surface area (Å²) in [6, 6.07) is 12.1. The molecule has 0 aliphatic carbocycles. The van der Waals surface area contributed by atoms with Gasteiger partial charge in [-0.05, 0) is 69.3 Å². The van der Waals surface area contributed by atoms with Crippen LogP contribution in [0, 0.1) is 0 Å². The number of carbonyl (C=O) groups excluding carboxylic acids is 2. The summed E-state index contributed by atoms with van der Waals surface area (Å²) in [6.07, 6.45) is 3.49. The molecule has 0 bridgehead atoms. The van der Waals surface area contributed by atoms with Crippen LogP contribution in [0.2, 0.25) is 0 Å². The molecule has 0 saturated heterocycles. The first-order valence-electron chi connectivity index (χ1n) is 9.32. The summed E-state index contributed by atoms with van der Waals surface area (Å²) in [5.41, 5.74) is 0.894. The zero-order valence-corrected chi connectivity index (χ0v) is 18.3. The Morgan fingerprint density at radius 3 is 2.13 bits per heavy atom. The lowest BCUT2D eigenvalue weighted by Crippen LogP contribution is -2.26. The van der Waals surface area contributed by atoms with E-state index in [4.69, 9.17) is 9.47 Å². The van der Waals surface area contributed by atoms with E-state index in [-0.39, 0.29) is 10.5 Å². The van der Waals surface area contributed by atoms with E-state index < -0.39 is 27.5 Å². The minimum atomic E-state index is -3.34. The molecule has 0 atom stereocenters. The summed E-state index contributed by atoms with van der Waals surface area (Å²) in [7, 11) is -3.34. The summed E-state index contributed by atoms with van der Waals surface area (Å²) in [6.45, 7) is 5.34. The highest BCUT2D eigenvalue weighted by atomic mass is 32.2. The Kier molecular flexibility index (Phi) is 5.99. The van der Waals surface area contributed by atoms with Crippen LogP contribution >= 0.6 is 0 Å². The predicted octanol–water partition coefficient (Wildman–Crippen LogP) is 3.96. The molecule has 3 rings (SSSR count). The summed E-state index contributed by atoms with van der Waals surface area (Å²) in [4.78, 5) is 28.7. The van der Waals surface area contributed by atoms with E-state index in [1.807, 2.05) is 0 Å². The maximum atomic E-state index is 12.3. The maximum absolute atomic E-state index is 12.3. The Bertz CT molecular complexity index is 1200. The standard InChI is InChI=1S/C22H22N2O6S/c1-22(2,3)30-21(26)24-13-19(23-14-24)15-5-9-17(10-6-15)29-20(25)16-7-11-18(12-8-16)31(4,27)28/h5-14H,1-4H3. The number of ether oxygens (including phenoxy) is 2. The summed E-state index contributed by atoms with van der Waals surface area (Å²) >= 11 is 0. The van der Waals surface area contributed by atoms with Crippen molar-refractivity contribution < 1.29 is 27.5 Å². The first-order chi connectivity index (χ1) is 14.4. The Labute approximate surface area is 180 Å². The van der Waals surface area contributed by atoms with Gasteiger partial charge in [0.1, 0.15) is 17.7 Å². The molecular weight excluding hydrogens is 420 g/mol. The Balaban J connectivity index is 1.68. The van der Waals surface area contributed by atoms with Gasteiger partial charge in [0, 0.05) is 18.0 Å². The second kappa shape index (κ2) is 8.35. The Morgan fingerprint density at radius 2 is 1.58 bits per heavy atom. The van der Waals surface area contributed by atoms with E-state index in [1.165, 1.54) is 35.2 Å². The van der Waals surface area contributed by atoms with Crippen molar-refractivity contribution in [2.75, 3.05) is 6.26 Å². The Hall–Kier alpha value is -3.46. The number of nitrogens with zero attached hydrogens (tertiary/aromatic N) is 2. The number of benzene rings is 2. The molecule has 0 unspecified atom stereocenters. The van der Waals surface area contributed by atoms with E-state index in [0.717, 1.165) is 11.8 Å². The van der Waals surface area contributed by atoms with E-state index in [9.17, 15) is 18.0 Å². The highest BCUT2D eigenvalue weighted by Crippen LogP contribution is 2.22. The number of esters is 1. The van der Waals surface area contributed by atoms with Gasteiger partial charge >= 0.3 is 12.1 Å². The second-order valence-electron chi connectivity index (χ2n) is 7.86. The average molecular weight is 442 g/mol. The van der Waals surface area contributed by atoms with Crippen LogP contribution in [-0.2, 0) is 14.6 Å². The van der Waals surface area contributed by atoms with Gasteiger partial charge in [-0.25, -0.2) is 27.6 Å². The van der Waals surface area contributed by atoms with Gasteiger partial charge in [0.15, 0.2) is 9.84 Å². The van der Waals surface area contributed by atoms with Crippen molar-refractivity contribution >= 4 is 21.9 Å². The van der Waals surface area contributed by atoms with Crippen LogP contribution in [0.5, 0.6) is 5.75 Å². The zero-order valence-electron chi connectivity index (χ0n) is 17.5. The summed E-state index contributed by atoms with van der Waals surface area (Å²) in [5.74, 6) is -0.297. The van der Waals surface area contributed by atoms with Crippen molar-refractivity contribution in [2.24, 2.45) is 0 Å². The van der Waals surface area contributed by atoms with Gasteiger partial charge in [0.25, 0.3) is 0 Å². The maximum Gasteiger partial charge on any atom is 0.419 e. The average Bonchev–Trinajstić information content (AvgIpc) is 3.17. The lowest BCUT2D eigenvalue weighted by molar-refractivity contribution is 0.0536. The number of aromatic nitrogens is 2. The molecule has 1 aromatic heterocycles. The van der Waals surface area contributed by atoms with Crippen molar-refractivity contribution in [3.63, 3.8) is 0 Å². The Morgan fingerprint density at radius 1 is 0.968 bits per heavy atom. The smallest absolute Gasteiger partial charge is 0.419 e. The van der Waals surface area contributed by atoms with Gasteiger partial charge in [-0.3, -0.25) is 0 Å². The fraction of sp³-hybridized carbons (Fsp3) is 0.227. The summed E-state index contributed by atoms with van der Waals surface area (Å²) < 4.78 is 34.9. The molecule has 8 nitrogen and oxygen atoms in total. The molecule has 0 fully saturated rings. The minimum absolute atomic E-state index is 0.124. The first-order valence-corrected chi connectivity index (χ1v) is 11.2. The monoisotopic (exact) mass is 442 g/mol. The topological polar surface area (TPSA) is 105 Å². The van der Waals surface area contributed by atoms with Crippen LogP contribution in [0.15, 0.2) is 66.0 Å². The fourth-order valence-electron chi connectivity index (χ4n) is 2.58. The van der Waals surface area contributed by atoms with Crippen LogP contribution in [0.25, 0.3) is 11.3 Å². The number of sulfone groups is 1. The predicted molar refractivity (Wildman–Crippen MR) is 114 cm³/mol. The third kappa shape index (κ3) is 5.79. The molecule has 0 N–H and O–H groups in total. The van der Waals surface area contributed by atoms with Crippen molar-refractivity contribution in [3.8, 4) is 17.0 Å². The van der Waals surface area contributed by atoms with Crippen LogP contribution < -0.4 is 4.74 Å². The highest BCUT2D eigenvalue weighted by molar-refractivity contribution is 7.90. The van der Waals surface area contributed by atoms with Crippen LogP contribution in [0.3, 0.4) is 0 Å². The fourth-order valence-corrected chi connectivity index (χ4v) is 3.21. The molecule has 0 amide bonds. The number of hydrogen-bond acceptors (Lipinski definition) is 7. The van der Waals surface area contributed by atoms with Gasteiger partial charge in [0.2, 0.25) is 0 Å². The molecule has 162 valence electrons. The molecule has 3 aromatic rings. The van der Waals surface area contributed by atoms with Crippen LogP contribution in [-0.4, -0.2) is 41.9 Å². The minimum Gasteiger partial charge on any atom is -0.443 e. The molecule has 0 aliphatic heterocycles. The van der Waals surface area contributed by atoms with Crippen LogP contribution in [0.1, 0.15) is 31.1 Å². The molecule has 0 radical (unpaired) electrons. The molecule has 0 aliphatic rings. The number of imidazole rings is 1. The largest absolute Gasteiger partial charge is 0.443 e. The molecule has 2 aromatic carbocycles. The number of rotatable bonds is 4. The molecule has 9 heteroatoms. The zero-order chi connectivity index (χ0) is 22.8. The van der Waals surface area contributed by atoms with Gasteiger partial charge in [0.05, 0.1) is 16.2 Å². The number of carbonyl (C=O) groups is 2. The van der Waals surface area contributed by atoms with Gasteiger partial charge in [-0.2, -0.15) is 0 Å². The van der Waals surface area contributed by atoms with Crippen LogP contribution in [0.4, 0.5) is 4.79 Å². The molecule has 1 heterocycles. The number of hydrogen-bond donors (Lipinski definition) is 0. The van der Waals surface area contributed by atoms with E-state index >= 15 is 0 Å². The molecular formula is C22H22N2O6S. The van der Waals surface area contributed by atoms with Crippen molar-refractivity contribution in [3.05, 3.63) is 66.6 Å². The van der Waals surface area contributed by atoms with Crippen molar-refractivity contribution in [1.82, 2.24) is 9.55 Å². The normalized spacial score (nSPS) is 11.7. The third-order valence-electron chi connectivity index (χ3n) is 4.07. The SMILES string of the molecule is CC(C)(C)OC(=O)n1cnc(-c2ccc(OC(=O)c3ccc(S(C)(=O)=O)cc3)cc2)c1. The van der Waals surface area contributed by atoms with E-state index in [1.54, 1.807) is 51.2 Å². The van der Waals surface area contributed by atoms with Crippen molar-refractivity contribution in [2.45, 2.75) is 31.3 Å². The van der Waals surface area contributed by atoms with Crippen molar-refractivity contribution in [1.29, 1.82) is 0 Å². The quantitative estimate of drug-likeness (QED) is 0.445. The lowest BCUT2D eigenvalue weighted by Gasteiger charge is -2.19. The highest BCUT2D eigenvalue weighted by Gasteiger charge is 2.18. The molecule has 31 heavy (non-hydrogen) atoms. The van der Waals surface area contributed by atoms with Gasteiger partial charge in [-0.1, -0.05) is 0 Å². The van der Waals surface area contributed by atoms with Gasteiger partial charge < -0.3 is 9.47 Å². The van der Waals surface area contributed by atoms with Gasteiger partial charge in [-0.15, -0.1) is 0 Å². The molecule has 0 spiro atoms. The van der Waals surface area contributed by atoms with E-state index in [2.05, 4.69) is 4.98 Å².